The van der Waals surface area contributed by atoms with Crippen molar-refractivity contribution < 1.29 is 22.7 Å². The molecule has 1 N–H and O–H groups in total. The third-order valence-corrected chi connectivity index (χ3v) is 6.73. The van der Waals surface area contributed by atoms with Crippen molar-refractivity contribution in [3.63, 3.8) is 0 Å². The van der Waals surface area contributed by atoms with Crippen molar-refractivity contribution in [2.75, 3.05) is 35.6 Å². The molecule has 1 amide bonds. The quantitative estimate of drug-likeness (QED) is 0.673. The van der Waals surface area contributed by atoms with Crippen molar-refractivity contribution in [1.82, 2.24) is 4.90 Å². The number of fused-ring (bicyclic) bond motifs is 1. The lowest BCUT2D eigenvalue weighted by molar-refractivity contribution is -0.149. The number of ether oxygens (including phenoxy) is 1. The maximum Gasteiger partial charge on any atom is 0.340 e. The minimum atomic E-state index is -3.47. The number of amidine groups is 1. The highest BCUT2D eigenvalue weighted by atomic mass is 32.2. The third kappa shape index (κ3) is 5.18. The van der Waals surface area contributed by atoms with E-state index < -0.39 is 28.0 Å². The number of esters is 1. The van der Waals surface area contributed by atoms with E-state index in [2.05, 4.69) is 14.6 Å². The van der Waals surface area contributed by atoms with Crippen LogP contribution in [0.4, 0.5) is 11.4 Å². The summed E-state index contributed by atoms with van der Waals surface area (Å²) in [6.45, 7) is 3.79. The van der Waals surface area contributed by atoms with Crippen LogP contribution in [0.15, 0.2) is 52.6 Å². The Morgan fingerprint density at radius 1 is 1.06 bits per heavy atom. The Morgan fingerprint density at radius 2 is 1.78 bits per heavy atom. The summed E-state index contributed by atoms with van der Waals surface area (Å²) in [5.41, 5.74) is 1.98. The molecule has 0 aliphatic carbocycles. The van der Waals surface area contributed by atoms with E-state index in [4.69, 9.17) is 4.74 Å². The molecule has 0 bridgehead atoms. The van der Waals surface area contributed by atoms with Gasteiger partial charge in [-0.2, -0.15) is 0 Å². The lowest BCUT2D eigenvalue weighted by atomic mass is 10.1. The smallest absolute Gasteiger partial charge is 0.340 e. The number of anilines is 2. The molecule has 1 unspecified atom stereocenters. The number of amides is 1. The van der Waals surface area contributed by atoms with Gasteiger partial charge in [-0.05, 0) is 62.6 Å². The van der Waals surface area contributed by atoms with Gasteiger partial charge in [-0.15, -0.1) is 4.40 Å². The van der Waals surface area contributed by atoms with Crippen molar-refractivity contribution in [3.8, 4) is 0 Å². The van der Waals surface area contributed by atoms with Crippen LogP contribution in [0.1, 0.15) is 26.2 Å². The Kier molecular flexibility index (Phi) is 6.31. The lowest BCUT2D eigenvalue weighted by Crippen LogP contribution is -2.37. The minimum Gasteiger partial charge on any atom is -0.449 e. The molecule has 10 heteroatoms. The van der Waals surface area contributed by atoms with Crippen LogP contribution in [-0.4, -0.2) is 62.5 Å². The van der Waals surface area contributed by atoms with Crippen molar-refractivity contribution in [2.24, 2.45) is 4.40 Å². The molecule has 1 fully saturated rings. The fraction of sp³-hybridized carbons (Fsp3) is 0.409. The zero-order chi connectivity index (χ0) is 22.7. The minimum absolute atomic E-state index is 0.126. The summed E-state index contributed by atoms with van der Waals surface area (Å²) < 4.78 is 32.1. The maximum absolute atomic E-state index is 12.5. The van der Waals surface area contributed by atoms with Gasteiger partial charge in [0, 0.05) is 37.2 Å². The number of rotatable bonds is 5. The van der Waals surface area contributed by atoms with E-state index in [0.717, 1.165) is 18.8 Å². The molecule has 32 heavy (non-hydrogen) atoms. The predicted molar refractivity (Wildman–Crippen MR) is 122 cm³/mol. The van der Waals surface area contributed by atoms with Gasteiger partial charge >= 0.3 is 5.97 Å². The summed E-state index contributed by atoms with van der Waals surface area (Å²) in [5.74, 6) is -0.974. The number of nitrogens with zero attached hydrogens (tertiary/aromatic N) is 3. The largest absolute Gasteiger partial charge is 0.449 e. The highest BCUT2D eigenvalue weighted by Crippen LogP contribution is 2.22. The van der Waals surface area contributed by atoms with E-state index >= 15 is 0 Å². The first-order valence-corrected chi connectivity index (χ1v) is 12.3. The SMILES string of the molecule is CC(OC(=O)C1=CN2CCS(=O)(=O)N=C2C=C1)C(=O)Nc1ccc(N2CCCCC2)cc1. The highest BCUT2D eigenvalue weighted by molar-refractivity contribution is 7.90. The van der Waals surface area contributed by atoms with Crippen LogP contribution in [-0.2, 0) is 24.3 Å². The van der Waals surface area contributed by atoms with E-state index in [1.165, 1.54) is 44.5 Å². The molecule has 4 rings (SSSR count). The second-order valence-corrected chi connectivity index (χ2v) is 9.73. The first-order valence-electron chi connectivity index (χ1n) is 10.7. The molecule has 0 saturated carbocycles. The van der Waals surface area contributed by atoms with Crippen LogP contribution in [0.5, 0.6) is 0 Å². The lowest BCUT2D eigenvalue weighted by Gasteiger charge is -2.28. The summed E-state index contributed by atoms with van der Waals surface area (Å²) in [6.07, 6.45) is 7.01. The molecule has 1 aromatic carbocycles. The molecule has 1 saturated heterocycles. The van der Waals surface area contributed by atoms with Gasteiger partial charge in [-0.1, -0.05) is 0 Å². The Bertz CT molecular complexity index is 1090. The summed E-state index contributed by atoms with van der Waals surface area (Å²) in [7, 11) is -3.47. The number of hydrogen-bond acceptors (Lipinski definition) is 7. The van der Waals surface area contributed by atoms with Gasteiger partial charge < -0.3 is 19.9 Å². The van der Waals surface area contributed by atoms with Gasteiger partial charge in [0.1, 0.15) is 5.84 Å². The van der Waals surface area contributed by atoms with E-state index in [1.807, 2.05) is 24.3 Å². The fourth-order valence-corrected chi connectivity index (χ4v) is 4.72. The van der Waals surface area contributed by atoms with Crippen molar-refractivity contribution in [3.05, 3.63) is 48.2 Å². The maximum atomic E-state index is 12.5. The van der Waals surface area contributed by atoms with Gasteiger partial charge in [-0.25, -0.2) is 13.2 Å². The van der Waals surface area contributed by atoms with Crippen molar-refractivity contribution >= 4 is 39.1 Å². The molecule has 0 radical (unpaired) electrons. The molecule has 0 aromatic heterocycles. The topological polar surface area (TPSA) is 108 Å². The van der Waals surface area contributed by atoms with E-state index in [-0.39, 0.29) is 23.7 Å². The van der Waals surface area contributed by atoms with Gasteiger partial charge in [0.05, 0.1) is 11.3 Å². The van der Waals surface area contributed by atoms with Gasteiger partial charge in [0.2, 0.25) is 0 Å². The zero-order valence-corrected chi connectivity index (χ0v) is 18.7. The second kappa shape index (κ2) is 9.15. The molecule has 3 heterocycles. The third-order valence-electron chi connectivity index (χ3n) is 5.57. The zero-order valence-electron chi connectivity index (χ0n) is 17.9. The van der Waals surface area contributed by atoms with E-state index in [0.29, 0.717) is 5.69 Å². The number of sulfonamides is 1. The van der Waals surface area contributed by atoms with Crippen LogP contribution in [0.3, 0.4) is 0 Å². The number of hydrogen-bond donors (Lipinski definition) is 1. The normalized spacial score (nSPS) is 20.5. The number of benzene rings is 1. The predicted octanol–water partition coefficient (Wildman–Crippen LogP) is 2.04. The molecule has 1 atom stereocenters. The average molecular weight is 459 g/mol. The monoisotopic (exact) mass is 458 g/mol. The van der Waals surface area contributed by atoms with Gasteiger partial charge in [0.25, 0.3) is 15.9 Å². The summed E-state index contributed by atoms with van der Waals surface area (Å²) in [4.78, 5) is 28.9. The average Bonchev–Trinajstić information content (AvgIpc) is 2.79. The number of piperidine rings is 1. The summed E-state index contributed by atoms with van der Waals surface area (Å²) >= 11 is 0. The number of carbonyl (C=O) groups is 2. The van der Waals surface area contributed by atoms with Gasteiger partial charge in [-0.3, -0.25) is 4.79 Å². The molecule has 3 aliphatic heterocycles. The number of nitrogens with one attached hydrogen (secondary N) is 1. The van der Waals surface area contributed by atoms with Crippen LogP contribution in [0, 0.1) is 0 Å². The molecule has 0 spiro atoms. The Labute approximate surface area is 187 Å². The van der Waals surface area contributed by atoms with Crippen molar-refractivity contribution in [2.45, 2.75) is 32.3 Å². The van der Waals surface area contributed by atoms with E-state index in [1.54, 1.807) is 4.90 Å². The molecule has 3 aliphatic rings. The van der Waals surface area contributed by atoms with Gasteiger partial charge in [0.15, 0.2) is 6.10 Å². The molecule has 1 aromatic rings. The van der Waals surface area contributed by atoms with Crippen LogP contribution in [0.25, 0.3) is 0 Å². The van der Waals surface area contributed by atoms with Crippen LogP contribution in [0.2, 0.25) is 0 Å². The summed E-state index contributed by atoms with van der Waals surface area (Å²) in [6, 6.07) is 7.64. The Hall–Kier alpha value is -3.14. The first kappa shape index (κ1) is 22.1. The van der Waals surface area contributed by atoms with Crippen LogP contribution >= 0.6 is 0 Å². The Balaban J connectivity index is 1.32. The first-order chi connectivity index (χ1) is 15.3. The van der Waals surface area contributed by atoms with E-state index in [9.17, 15) is 18.0 Å². The second-order valence-electron chi connectivity index (χ2n) is 7.98. The number of carbonyl (C=O) groups excluding carboxylic acids is 2. The Morgan fingerprint density at radius 3 is 2.50 bits per heavy atom. The molecular formula is C22H26N4O5S. The van der Waals surface area contributed by atoms with Crippen molar-refractivity contribution in [1.29, 1.82) is 0 Å². The fourth-order valence-electron chi connectivity index (χ4n) is 3.76. The molecule has 170 valence electrons. The standard InChI is InChI=1S/C22H26N4O5S/c1-16(21(27)23-18-6-8-19(9-7-18)25-11-3-2-4-12-25)31-22(28)17-5-10-20-24-32(29,30)14-13-26(20)15-17/h5-10,15-16H,2-4,11-14H2,1H3,(H,23,27). The molecule has 9 nitrogen and oxygen atoms in total. The highest BCUT2D eigenvalue weighted by Gasteiger charge is 2.27. The van der Waals surface area contributed by atoms with Crippen LogP contribution < -0.4 is 10.2 Å². The summed E-state index contributed by atoms with van der Waals surface area (Å²) in [5, 5.41) is 2.77. The molecular weight excluding hydrogens is 432 g/mol.